The molecule has 1 aromatic carbocycles. The van der Waals surface area contributed by atoms with Gasteiger partial charge < -0.3 is 5.11 Å². The van der Waals surface area contributed by atoms with Crippen LogP contribution in [0, 0.1) is 5.82 Å². The van der Waals surface area contributed by atoms with E-state index in [1.165, 1.54) is 13.0 Å². The zero-order chi connectivity index (χ0) is 13.2. The molecule has 17 heavy (non-hydrogen) atoms. The Kier molecular flexibility index (Phi) is 3.69. The highest BCUT2D eigenvalue weighted by molar-refractivity contribution is 7.90. The van der Waals surface area contributed by atoms with Crippen LogP contribution in [0.1, 0.15) is 18.4 Å². The van der Waals surface area contributed by atoms with Crippen molar-refractivity contribution < 1.29 is 22.7 Å². The summed E-state index contributed by atoms with van der Waals surface area (Å²) in [4.78, 5) is 10.7. The Labute approximate surface area is 97.4 Å². The molecule has 0 aromatic heterocycles. The normalized spacial score (nSPS) is 13.1. The molecule has 1 unspecified atom stereocenters. The third-order valence-corrected chi connectivity index (χ3v) is 2.62. The van der Waals surface area contributed by atoms with E-state index < -0.39 is 27.9 Å². The zero-order valence-electron chi connectivity index (χ0n) is 8.84. The van der Waals surface area contributed by atoms with Crippen LogP contribution in [-0.2, 0) is 15.0 Å². The predicted octanol–water partition coefficient (Wildman–Crippen LogP) is 0.629. The minimum atomic E-state index is -4.06. The van der Waals surface area contributed by atoms with Gasteiger partial charge in [-0.25, -0.2) is 9.53 Å². The number of aliphatic carboxylic acids is 1. The molecule has 0 fully saturated rings. The topological polar surface area (TPSA) is 109 Å². The lowest BCUT2D eigenvalue weighted by Gasteiger charge is -2.09. The maximum atomic E-state index is 13.4. The highest BCUT2D eigenvalue weighted by atomic mass is 32.2. The fraction of sp³-hybridized carbons (Fsp3) is 0.222. The van der Waals surface area contributed by atoms with Crippen LogP contribution in [0.15, 0.2) is 18.2 Å². The van der Waals surface area contributed by atoms with Crippen LogP contribution in [0.3, 0.4) is 0 Å². The summed E-state index contributed by atoms with van der Waals surface area (Å²) in [6.45, 7) is 1.39. The summed E-state index contributed by atoms with van der Waals surface area (Å²) < 4.78 is 36.6. The van der Waals surface area contributed by atoms with Crippen molar-refractivity contribution in [1.82, 2.24) is 0 Å². The largest absolute Gasteiger partial charge is 0.481 e. The van der Waals surface area contributed by atoms with E-state index in [4.69, 9.17) is 5.11 Å². The number of hydrogen-bond acceptors (Lipinski definition) is 3. The van der Waals surface area contributed by atoms with E-state index in [0.29, 0.717) is 0 Å². The van der Waals surface area contributed by atoms with Crippen LogP contribution in [0.5, 0.6) is 0 Å². The number of rotatable bonds is 4. The zero-order valence-corrected chi connectivity index (χ0v) is 9.66. The van der Waals surface area contributed by atoms with Crippen molar-refractivity contribution in [2.75, 3.05) is 4.72 Å². The number of carboxylic acids is 1. The lowest BCUT2D eigenvalue weighted by Crippen LogP contribution is -2.22. The van der Waals surface area contributed by atoms with Crippen molar-refractivity contribution in [3.8, 4) is 0 Å². The third kappa shape index (κ3) is 3.68. The molecular formula is C9H11FN2O4S. The molecule has 0 radical (unpaired) electrons. The van der Waals surface area contributed by atoms with Crippen LogP contribution in [0.4, 0.5) is 10.1 Å². The second-order valence-corrected chi connectivity index (χ2v) is 4.74. The standard InChI is InChI=1S/C9H11FN2O4S/c1-5(9(13)14)6-2-3-8(7(10)4-6)12-17(11,15)16/h2-5,12H,1H3,(H,13,14)(H2,11,15,16). The first-order chi connectivity index (χ1) is 7.70. The van der Waals surface area contributed by atoms with E-state index in [-0.39, 0.29) is 11.3 Å². The molecule has 94 valence electrons. The monoisotopic (exact) mass is 262 g/mol. The minimum absolute atomic E-state index is 0.231. The van der Waals surface area contributed by atoms with E-state index in [1.54, 1.807) is 4.72 Å². The first-order valence-electron chi connectivity index (χ1n) is 4.53. The number of anilines is 1. The van der Waals surface area contributed by atoms with E-state index in [9.17, 15) is 17.6 Å². The Morgan fingerprint density at radius 3 is 2.53 bits per heavy atom. The van der Waals surface area contributed by atoms with Crippen LogP contribution in [0.25, 0.3) is 0 Å². The van der Waals surface area contributed by atoms with Gasteiger partial charge in [-0.15, -0.1) is 0 Å². The molecule has 0 spiro atoms. The molecule has 1 atom stereocenters. The fourth-order valence-corrected chi connectivity index (χ4v) is 1.65. The quantitative estimate of drug-likeness (QED) is 0.739. The summed E-state index contributed by atoms with van der Waals surface area (Å²) in [6, 6.07) is 3.39. The van der Waals surface area contributed by atoms with E-state index >= 15 is 0 Å². The van der Waals surface area contributed by atoms with Gasteiger partial charge in [0.15, 0.2) is 0 Å². The summed E-state index contributed by atoms with van der Waals surface area (Å²) in [7, 11) is -4.06. The molecule has 0 aliphatic carbocycles. The second kappa shape index (κ2) is 4.68. The Bertz CT molecular complexity index is 544. The molecule has 6 nitrogen and oxygen atoms in total. The van der Waals surface area contributed by atoms with Crippen LogP contribution in [-0.4, -0.2) is 19.5 Å². The Hall–Kier alpha value is -1.67. The lowest BCUT2D eigenvalue weighted by molar-refractivity contribution is -0.138. The van der Waals surface area contributed by atoms with Crippen molar-refractivity contribution in [3.05, 3.63) is 29.6 Å². The molecule has 0 saturated heterocycles. The summed E-state index contributed by atoms with van der Waals surface area (Å²) >= 11 is 0. The Balaban J connectivity index is 3.06. The average molecular weight is 262 g/mol. The molecular weight excluding hydrogens is 251 g/mol. The number of hydrogen-bond donors (Lipinski definition) is 3. The van der Waals surface area contributed by atoms with E-state index in [0.717, 1.165) is 12.1 Å². The molecule has 0 amide bonds. The first-order valence-corrected chi connectivity index (χ1v) is 6.08. The van der Waals surface area contributed by atoms with Crippen LogP contribution >= 0.6 is 0 Å². The smallest absolute Gasteiger partial charge is 0.310 e. The van der Waals surface area contributed by atoms with Crippen LogP contribution < -0.4 is 9.86 Å². The van der Waals surface area contributed by atoms with Gasteiger partial charge in [0.25, 0.3) is 10.2 Å². The van der Waals surface area contributed by atoms with Gasteiger partial charge in [-0.1, -0.05) is 6.07 Å². The van der Waals surface area contributed by atoms with Crippen molar-refractivity contribution >= 4 is 21.9 Å². The second-order valence-electron chi connectivity index (χ2n) is 3.45. The van der Waals surface area contributed by atoms with Gasteiger partial charge in [-0.05, 0) is 24.6 Å². The highest BCUT2D eigenvalue weighted by Gasteiger charge is 2.16. The molecule has 0 heterocycles. The maximum absolute atomic E-state index is 13.4. The van der Waals surface area contributed by atoms with Gasteiger partial charge in [0, 0.05) is 0 Å². The number of nitrogens with two attached hydrogens (primary N) is 1. The van der Waals surface area contributed by atoms with Gasteiger partial charge in [0.05, 0.1) is 11.6 Å². The molecule has 0 aliphatic heterocycles. The SMILES string of the molecule is CC(C(=O)O)c1ccc(NS(N)(=O)=O)c(F)c1. The fourth-order valence-electron chi connectivity index (χ4n) is 1.18. The Morgan fingerprint density at radius 2 is 2.12 bits per heavy atom. The summed E-state index contributed by atoms with van der Waals surface area (Å²) in [5.74, 6) is -2.87. The summed E-state index contributed by atoms with van der Waals surface area (Å²) in [5.41, 5.74) is -0.0937. The molecule has 0 bridgehead atoms. The number of carboxylic acid groups (broad SMARTS) is 1. The summed E-state index contributed by atoms with van der Waals surface area (Å²) in [5, 5.41) is 13.4. The highest BCUT2D eigenvalue weighted by Crippen LogP contribution is 2.22. The maximum Gasteiger partial charge on any atom is 0.310 e. The minimum Gasteiger partial charge on any atom is -0.481 e. The van der Waals surface area contributed by atoms with Crippen LogP contribution in [0.2, 0.25) is 0 Å². The van der Waals surface area contributed by atoms with Crippen molar-refractivity contribution in [2.24, 2.45) is 5.14 Å². The molecule has 4 N–H and O–H groups in total. The predicted molar refractivity (Wildman–Crippen MR) is 59.2 cm³/mol. The first kappa shape index (κ1) is 13.4. The average Bonchev–Trinajstić information content (AvgIpc) is 2.18. The number of carbonyl (C=O) groups is 1. The van der Waals surface area contributed by atoms with Gasteiger partial charge >= 0.3 is 5.97 Å². The van der Waals surface area contributed by atoms with Crippen molar-refractivity contribution in [1.29, 1.82) is 0 Å². The van der Waals surface area contributed by atoms with E-state index in [1.807, 2.05) is 0 Å². The number of benzene rings is 1. The third-order valence-electron chi connectivity index (χ3n) is 2.12. The van der Waals surface area contributed by atoms with Gasteiger partial charge in [-0.3, -0.25) is 9.52 Å². The molecule has 1 aromatic rings. The number of nitrogens with one attached hydrogen (secondary N) is 1. The summed E-state index contributed by atoms with van der Waals surface area (Å²) in [6.07, 6.45) is 0. The molecule has 0 aliphatic rings. The van der Waals surface area contributed by atoms with Gasteiger partial charge in [0.2, 0.25) is 0 Å². The Morgan fingerprint density at radius 1 is 1.53 bits per heavy atom. The molecule has 8 heteroatoms. The number of halogens is 1. The van der Waals surface area contributed by atoms with Crippen molar-refractivity contribution in [2.45, 2.75) is 12.8 Å². The van der Waals surface area contributed by atoms with E-state index in [2.05, 4.69) is 5.14 Å². The van der Waals surface area contributed by atoms with Gasteiger partial charge in [-0.2, -0.15) is 8.42 Å². The molecule has 0 saturated carbocycles. The van der Waals surface area contributed by atoms with Gasteiger partial charge in [0.1, 0.15) is 5.82 Å². The molecule has 1 rings (SSSR count). The lowest BCUT2D eigenvalue weighted by atomic mass is 10.0. The van der Waals surface area contributed by atoms with Crippen molar-refractivity contribution in [3.63, 3.8) is 0 Å².